The minimum Gasteiger partial charge on any atom is -0.365 e. The average Bonchev–Trinajstić information content (AvgIpc) is 2.30. The molecule has 80 valence electrons. The number of carbonyl (C=O) groups is 1. The van der Waals surface area contributed by atoms with E-state index in [1.807, 2.05) is 30.3 Å². The predicted octanol–water partition coefficient (Wildman–Crippen LogP) is 2.20. The minimum absolute atomic E-state index is 0.130. The number of halogens is 1. The second-order valence-corrected chi connectivity index (χ2v) is 3.34. The van der Waals surface area contributed by atoms with Crippen molar-refractivity contribution in [3.8, 4) is 6.07 Å². The van der Waals surface area contributed by atoms with Gasteiger partial charge in [0.25, 0.3) is 5.91 Å². The lowest BCUT2D eigenvalue weighted by Crippen LogP contribution is -2.12. The fourth-order valence-corrected chi connectivity index (χ4v) is 1.21. The standard InChI is InChI=1S/C12H9ClN2O/c13-11(9-4-2-1-3-5-9)7-6-10(8-14)12(15)16/h1-7H,(H2,15,16)/b10-6+,11-7-. The summed E-state index contributed by atoms with van der Waals surface area (Å²) < 4.78 is 0. The molecule has 1 aromatic carbocycles. The molecule has 2 N–H and O–H groups in total. The van der Waals surface area contributed by atoms with Gasteiger partial charge in [-0.25, -0.2) is 0 Å². The Morgan fingerprint density at radius 2 is 1.94 bits per heavy atom. The first-order chi connectivity index (χ1) is 7.65. The lowest BCUT2D eigenvalue weighted by atomic mass is 10.2. The SMILES string of the molecule is N#C/C(=C\C=C(/Cl)c1ccccc1)C(N)=O. The van der Waals surface area contributed by atoms with Crippen molar-refractivity contribution >= 4 is 22.5 Å². The number of benzene rings is 1. The molecule has 0 aliphatic carbocycles. The second kappa shape index (κ2) is 5.74. The van der Waals surface area contributed by atoms with Crippen molar-refractivity contribution in [1.29, 1.82) is 5.26 Å². The van der Waals surface area contributed by atoms with Gasteiger partial charge in [-0.15, -0.1) is 0 Å². The van der Waals surface area contributed by atoms with Crippen LogP contribution in [0.2, 0.25) is 0 Å². The van der Waals surface area contributed by atoms with Crippen LogP contribution in [0.1, 0.15) is 5.56 Å². The molecule has 0 spiro atoms. The summed E-state index contributed by atoms with van der Waals surface area (Å²) in [6, 6.07) is 10.9. The molecule has 16 heavy (non-hydrogen) atoms. The molecule has 0 atom stereocenters. The molecule has 0 aliphatic heterocycles. The fraction of sp³-hybridized carbons (Fsp3) is 0. The normalized spacial score (nSPS) is 12.0. The number of nitrogens with two attached hydrogens (primary N) is 1. The Labute approximate surface area is 98.4 Å². The summed E-state index contributed by atoms with van der Waals surface area (Å²) >= 11 is 5.97. The Morgan fingerprint density at radius 1 is 1.31 bits per heavy atom. The lowest BCUT2D eigenvalue weighted by molar-refractivity contribution is -0.114. The first-order valence-electron chi connectivity index (χ1n) is 4.48. The smallest absolute Gasteiger partial charge is 0.259 e. The summed E-state index contributed by atoms with van der Waals surface area (Å²) in [6.07, 6.45) is 2.78. The minimum atomic E-state index is -0.767. The van der Waals surface area contributed by atoms with Crippen molar-refractivity contribution in [2.75, 3.05) is 0 Å². The third-order valence-electron chi connectivity index (χ3n) is 1.83. The number of nitrogens with zero attached hydrogens (tertiary/aromatic N) is 1. The van der Waals surface area contributed by atoms with E-state index in [2.05, 4.69) is 0 Å². The maximum atomic E-state index is 10.7. The van der Waals surface area contributed by atoms with Gasteiger partial charge in [-0.3, -0.25) is 4.79 Å². The van der Waals surface area contributed by atoms with Crippen LogP contribution in [0.15, 0.2) is 48.1 Å². The summed E-state index contributed by atoms with van der Waals surface area (Å²) in [6.45, 7) is 0. The van der Waals surface area contributed by atoms with Crippen LogP contribution in [-0.4, -0.2) is 5.91 Å². The number of rotatable bonds is 3. The zero-order valence-electron chi connectivity index (χ0n) is 8.35. The van der Waals surface area contributed by atoms with E-state index in [-0.39, 0.29) is 5.57 Å². The number of hydrogen-bond acceptors (Lipinski definition) is 2. The third-order valence-corrected chi connectivity index (χ3v) is 2.18. The quantitative estimate of drug-likeness (QED) is 0.493. The molecular weight excluding hydrogens is 224 g/mol. The van der Waals surface area contributed by atoms with E-state index in [1.165, 1.54) is 12.2 Å². The van der Waals surface area contributed by atoms with Crippen LogP contribution in [0.3, 0.4) is 0 Å². The Kier molecular flexibility index (Phi) is 4.31. The van der Waals surface area contributed by atoms with Crippen LogP contribution in [0.4, 0.5) is 0 Å². The van der Waals surface area contributed by atoms with E-state index in [9.17, 15) is 4.79 Å². The van der Waals surface area contributed by atoms with Gasteiger partial charge in [0.1, 0.15) is 11.6 Å². The highest BCUT2D eigenvalue weighted by atomic mass is 35.5. The van der Waals surface area contributed by atoms with Gasteiger partial charge in [0.05, 0.1) is 0 Å². The molecule has 0 saturated heterocycles. The second-order valence-electron chi connectivity index (χ2n) is 2.94. The van der Waals surface area contributed by atoms with Gasteiger partial charge in [-0.05, 0) is 17.7 Å². The molecular formula is C12H9ClN2O. The average molecular weight is 233 g/mol. The van der Waals surface area contributed by atoms with Crippen molar-refractivity contribution in [3.63, 3.8) is 0 Å². The van der Waals surface area contributed by atoms with E-state index in [4.69, 9.17) is 22.6 Å². The molecule has 1 aromatic rings. The van der Waals surface area contributed by atoms with Crippen LogP contribution < -0.4 is 5.73 Å². The first-order valence-corrected chi connectivity index (χ1v) is 4.85. The van der Waals surface area contributed by atoms with Gasteiger partial charge in [0.2, 0.25) is 0 Å². The van der Waals surface area contributed by atoms with Crippen LogP contribution >= 0.6 is 11.6 Å². The van der Waals surface area contributed by atoms with E-state index in [1.54, 1.807) is 6.07 Å². The zero-order valence-corrected chi connectivity index (χ0v) is 9.11. The molecule has 1 rings (SSSR count). The van der Waals surface area contributed by atoms with Gasteiger partial charge in [-0.2, -0.15) is 5.26 Å². The number of primary amides is 1. The van der Waals surface area contributed by atoms with E-state index in [0.717, 1.165) is 5.56 Å². The highest BCUT2D eigenvalue weighted by Gasteiger charge is 2.01. The van der Waals surface area contributed by atoms with Gasteiger partial charge >= 0.3 is 0 Å². The Bertz CT molecular complexity index is 483. The van der Waals surface area contributed by atoms with Crippen LogP contribution in [-0.2, 0) is 4.79 Å². The highest BCUT2D eigenvalue weighted by Crippen LogP contribution is 2.18. The van der Waals surface area contributed by atoms with Gasteiger partial charge in [0, 0.05) is 5.03 Å². The van der Waals surface area contributed by atoms with Gasteiger partial charge in [0.15, 0.2) is 0 Å². The van der Waals surface area contributed by atoms with Crippen molar-refractivity contribution in [2.45, 2.75) is 0 Å². The molecule has 0 radical (unpaired) electrons. The van der Waals surface area contributed by atoms with Crippen molar-refractivity contribution in [3.05, 3.63) is 53.6 Å². The summed E-state index contributed by atoms with van der Waals surface area (Å²) in [5.74, 6) is -0.767. The van der Waals surface area contributed by atoms with Crippen molar-refractivity contribution in [2.24, 2.45) is 5.73 Å². The number of allylic oxidation sites excluding steroid dienone is 2. The van der Waals surface area contributed by atoms with Crippen LogP contribution in [0.25, 0.3) is 5.03 Å². The molecule has 0 aromatic heterocycles. The number of hydrogen-bond donors (Lipinski definition) is 1. The molecule has 3 nitrogen and oxygen atoms in total. The molecule has 0 bridgehead atoms. The Balaban J connectivity index is 2.95. The number of amides is 1. The monoisotopic (exact) mass is 232 g/mol. The van der Waals surface area contributed by atoms with E-state index in [0.29, 0.717) is 5.03 Å². The zero-order chi connectivity index (χ0) is 12.0. The van der Waals surface area contributed by atoms with E-state index >= 15 is 0 Å². The predicted molar refractivity (Wildman–Crippen MR) is 63.2 cm³/mol. The molecule has 0 fully saturated rings. The maximum absolute atomic E-state index is 10.7. The van der Waals surface area contributed by atoms with Gasteiger partial charge in [-0.1, -0.05) is 41.9 Å². The van der Waals surface area contributed by atoms with Gasteiger partial charge < -0.3 is 5.73 Å². The summed E-state index contributed by atoms with van der Waals surface area (Å²) in [4.78, 5) is 10.7. The van der Waals surface area contributed by atoms with Crippen LogP contribution in [0.5, 0.6) is 0 Å². The summed E-state index contributed by atoms with van der Waals surface area (Å²) in [5.41, 5.74) is 5.65. The molecule has 0 unspecified atom stereocenters. The largest absolute Gasteiger partial charge is 0.365 e. The highest BCUT2D eigenvalue weighted by molar-refractivity contribution is 6.48. The number of carbonyl (C=O) groups excluding carboxylic acids is 1. The molecule has 0 aliphatic rings. The molecule has 0 saturated carbocycles. The molecule has 0 heterocycles. The summed E-state index contributed by atoms with van der Waals surface area (Å²) in [7, 11) is 0. The van der Waals surface area contributed by atoms with Crippen molar-refractivity contribution in [1.82, 2.24) is 0 Å². The maximum Gasteiger partial charge on any atom is 0.259 e. The van der Waals surface area contributed by atoms with Crippen LogP contribution in [0, 0.1) is 11.3 Å². The van der Waals surface area contributed by atoms with E-state index < -0.39 is 5.91 Å². The Hall–Kier alpha value is -2.05. The van der Waals surface area contributed by atoms with Crippen molar-refractivity contribution < 1.29 is 4.79 Å². The fourth-order valence-electron chi connectivity index (χ4n) is 1.02. The topological polar surface area (TPSA) is 66.9 Å². The first kappa shape index (κ1) is 12.0. The lowest BCUT2D eigenvalue weighted by Gasteiger charge is -1.96. The molecule has 4 heteroatoms. The number of nitriles is 1. The summed E-state index contributed by atoms with van der Waals surface area (Å²) in [5, 5.41) is 9.03. The molecule has 1 amide bonds. The third kappa shape index (κ3) is 3.26. The Morgan fingerprint density at radius 3 is 2.44 bits per heavy atom.